The predicted octanol–water partition coefficient (Wildman–Crippen LogP) is 2.32. The van der Waals surface area contributed by atoms with Gasteiger partial charge in [0.1, 0.15) is 5.78 Å². The van der Waals surface area contributed by atoms with E-state index in [1.165, 1.54) is 19.3 Å². The lowest BCUT2D eigenvalue weighted by atomic mass is 10.1. The molecule has 0 aromatic rings. The summed E-state index contributed by atoms with van der Waals surface area (Å²) in [5, 5.41) is 0. The van der Waals surface area contributed by atoms with Crippen LogP contribution in [0.4, 0.5) is 0 Å². The topological polar surface area (TPSA) is 26.3 Å². The van der Waals surface area contributed by atoms with E-state index in [1.807, 2.05) is 0 Å². The third-order valence-corrected chi connectivity index (χ3v) is 2.27. The fraction of sp³-hybridized carbons (Fsp3) is 0.900. The Kier molecular flexibility index (Phi) is 5.00. The highest BCUT2D eigenvalue weighted by Gasteiger charge is 2.03. The van der Waals surface area contributed by atoms with Crippen molar-refractivity contribution in [3.8, 4) is 0 Å². The van der Waals surface area contributed by atoms with Crippen LogP contribution < -0.4 is 0 Å². The number of carbonyl (C=O) groups is 1. The van der Waals surface area contributed by atoms with Crippen molar-refractivity contribution in [2.75, 3.05) is 13.2 Å². The average Bonchev–Trinajstić information content (AvgIpc) is 2.11. The molecule has 1 aliphatic heterocycles. The summed E-state index contributed by atoms with van der Waals surface area (Å²) < 4.78 is 5.32. The predicted molar refractivity (Wildman–Crippen MR) is 48.1 cm³/mol. The minimum absolute atomic E-state index is 0.372. The summed E-state index contributed by atoms with van der Waals surface area (Å²) in [6.07, 6.45) is 7.37. The van der Waals surface area contributed by atoms with E-state index in [1.54, 1.807) is 0 Å². The molecule has 0 aromatic heterocycles. The Balaban J connectivity index is 2.17. The van der Waals surface area contributed by atoms with E-state index < -0.39 is 0 Å². The molecule has 0 N–H and O–H groups in total. The number of hydrogen-bond donors (Lipinski definition) is 0. The van der Waals surface area contributed by atoms with Gasteiger partial charge in [0, 0.05) is 19.4 Å². The van der Waals surface area contributed by atoms with Crippen LogP contribution >= 0.6 is 0 Å². The molecule has 1 fully saturated rings. The minimum Gasteiger partial charge on any atom is -0.381 e. The number of hydrogen-bond acceptors (Lipinski definition) is 2. The van der Waals surface area contributed by atoms with Gasteiger partial charge in [0.2, 0.25) is 0 Å². The van der Waals surface area contributed by atoms with Crippen molar-refractivity contribution in [1.29, 1.82) is 0 Å². The highest BCUT2D eigenvalue weighted by atomic mass is 16.5. The van der Waals surface area contributed by atoms with Crippen LogP contribution in [0, 0.1) is 0 Å². The van der Waals surface area contributed by atoms with Crippen LogP contribution in [0.25, 0.3) is 0 Å². The van der Waals surface area contributed by atoms with Crippen molar-refractivity contribution >= 4 is 5.78 Å². The van der Waals surface area contributed by atoms with E-state index in [9.17, 15) is 4.79 Å². The zero-order chi connectivity index (χ0) is 8.65. The normalized spacial score (nSPS) is 23.2. The molecular formula is C10H18O2. The Hall–Kier alpha value is -0.370. The molecule has 2 heteroatoms. The van der Waals surface area contributed by atoms with Crippen LogP contribution in [0.3, 0.4) is 0 Å². The first-order valence-electron chi connectivity index (χ1n) is 4.99. The zero-order valence-electron chi connectivity index (χ0n) is 7.68. The van der Waals surface area contributed by atoms with Crippen molar-refractivity contribution in [3.05, 3.63) is 0 Å². The van der Waals surface area contributed by atoms with E-state index in [4.69, 9.17) is 4.74 Å². The zero-order valence-corrected chi connectivity index (χ0v) is 7.68. The minimum atomic E-state index is 0.372. The SMILES string of the molecule is O=C1CCCCCCCOCC1. The first kappa shape index (κ1) is 9.72. The summed E-state index contributed by atoms with van der Waals surface area (Å²) in [6, 6.07) is 0. The molecule has 1 saturated heterocycles. The maximum Gasteiger partial charge on any atom is 0.135 e. The quantitative estimate of drug-likeness (QED) is 0.557. The van der Waals surface area contributed by atoms with Gasteiger partial charge >= 0.3 is 0 Å². The standard InChI is InChI=1S/C10H18O2/c11-10-6-4-2-1-3-5-8-12-9-7-10/h1-9H2. The second-order valence-corrected chi connectivity index (χ2v) is 3.42. The van der Waals surface area contributed by atoms with Crippen molar-refractivity contribution < 1.29 is 9.53 Å². The van der Waals surface area contributed by atoms with Crippen LogP contribution in [0.15, 0.2) is 0 Å². The van der Waals surface area contributed by atoms with Crippen LogP contribution in [0.2, 0.25) is 0 Å². The number of Topliss-reactive ketones (excluding diaryl/α,β-unsaturated/α-hetero) is 1. The lowest BCUT2D eigenvalue weighted by Crippen LogP contribution is -2.03. The second kappa shape index (κ2) is 6.18. The molecule has 12 heavy (non-hydrogen) atoms. The van der Waals surface area contributed by atoms with Gasteiger partial charge in [0.05, 0.1) is 6.61 Å². The van der Waals surface area contributed by atoms with Gasteiger partial charge in [-0.2, -0.15) is 0 Å². The summed E-state index contributed by atoms with van der Waals surface area (Å²) in [6.45, 7) is 1.48. The third-order valence-electron chi connectivity index (χ3n) is 2.27. The molecule has 0 spiro atoms. The highest BCUT2D eigenvalue weighted by Crippen LogP contribution is 2.08. The Labute approximate surface area is 74.3 Å². The molecule has 0 aliphatic carbocycles. The Morgan fingerprint density at radius 3 is 2.50 bits per heavy atom. The molecule has 0 amide bonds. The Morgan fingerprint density at radius 1 is 0.833 bits per heavy atom. The molecule has 0 unspecified atom stereocenters. The van der Waals surface area contributed by atoms with Gasteiger partial charge in [0.15, 0.2) is 0 Å². The number of ketones is 1. The summed E-state index contributed by atoms with van der Waals surface area (Å²) in [5.74, 6) is 0.372. The largest absolute Gasteiger partial charge is 0.381 e. The number of ether oxygens (including phenoxy) is 1. The number of carbonyl (C=O) groups excluding carboxylic acids is 1. The van der Waals surface area contributed by atoms with Gasteiger partial charge in [-0.05, 0) is 12.8 Å². The molecule has 70 valence electrons. The smallest absolute Gasteiger partial charge is 0.135 e. The van der Waals surface area contributed by atoms with Crippen molar-refractivity contribution in [2.24, 2.45) is 0 Å². The molecular weight excluding hydrogens is 152 g/mol. The molecule has 2 nitrogen and oxygen atoms in total. The summed E-state index contributed by atoms with van der Waals surface area (Å²) in [5.41, 5.74) is 0. The fourth-order valence-electron chi connectivity index (χ4n) is 1.47. The van der Waals surface area contributed by atoms with Gasteiger partial charge in [0.25, 0.3) is 0 Å². The van der Waals surface area contributed by atoms with Gasteiger partial charge < -0.3 is 4.74 Å². The Bertz CT molecular complexity index is 118. The maximum absolute atomic E-state index is 11.1. The molecule has 0 atom stereocenters. The van der Waals surface area contributed by atoms with Gasteiger partial charge in [-0.1, -0.05) is 19.3 Å². The molecule has 0 bridgehead atoms. The molecule has 1 heterocycles. The lowest BCUT2D eigenvalue weighted by molar-refractivity contribution is -0.120. The third kappa shape index (κ3) is 4.50. The summed E-state index contributed by atoms with van der Waals surface area (Å²) in [7, 11) is 0. The first-order chi connectivity index (χ1) is 5.89. The van der Waals surface area contributed by atoms with E-state index in [-0.39, 0.29) is 0 Å². The van der Waals surface area contributed by atoms with E-state index in [2.05, 4.69) is 0 Å². The summed E-state index contributed by atoms with van der Waals surface area (Å²) >= 11 is 0. The van der Waals surface area contributed by atoms with E-state index in [0.717, 1.165) is 25.9 Å². The Morgan fingerprint density at radius 2 is 1.58 bits per heavy atom. The van der Waals surface area contributed by atoms with Gasteiger partial charge in [-0.25, -0.2) is 0 Å². The average molecular weight is 170 g/mol. The molecule has 0 saturated carbocycles. The molecule has 1 rings (SSSR count). The highest BCUT2D eigenvalue weighted by molar-refractivity contribution is 5.78. The summed E-state index contributed by atoms with van der Waals surface area (Å²) in [4.78, 5) is 11.1. The molecule has 0 aromatic carbocycles. The van der Waals surface area contributed by atoms with Crippen LogP contribution in [-0.4, -0.2) is 19.0 Å². The lowest BCUT2D eigenvalue weighted by Gasteiger charge is -2.00. The first-order valence-corrected chi connectivity index (χ1v) is 4.99. The second-order valence-electron chi connectivity index (χ2n) is 3.42. The van der Waals surface area contributed by atoms with E-state index >= 15 is 0 Å². The molecule has 1 aliphatic rings. The van der Waals surface area contributed by atoms with Gasteiger partial charge in [-0.3, -0.25) is 4.79 Å². The van der Waals surface area contributed by atoms with Crippen LogP contribution in [0.5, 0.6) is 0 Å². The van der Waals surface area contributed by atoms with Crippen LogP contribution in [-0.2, 0) is 9.53 Å². The fourth-order valence-corrected chi connectivity index (χ4v) is 1.47. The van der Waals surface area contributed by atoms with Crippen molar-refractivity contribution in [2.45, 2.75) is 44.9 Å². The van der Waals surface area contributed by atoms with Crippen molar-refractivity contribution in [3.63, 3.8) is 0 Å². The maximum atomic E-state index is 11.1. The monoisotopic (exact) mass is 170 g/mol. The molecule has 0 radical (unpaired) electrons. The number of rotatable bonds is 0. The van der Waals surface area contributed by atoms with Crippen LogP contribution in [0.1, 0.15) is 44.9 Å². The van der Waals surface area contributed by atoms with E-state index in [0.29, 0.717) is 18.8 Å². The van der Waals surface area contributed by atoms with Crippen molar-refractivity contribution in [1.82, 2.24) is 0 Å². The van der Waals surface area contributed by atoms with Gasteiger partial charge in [-0.15, -0.1) is 0 Å².